The lowest BCUT2D eigenvalue weighted by molar-refractivity contribution is -0.138. The normalized spacial score (nSPS) is 10.5. The van der Waals surface area contributed by atoms with Crippen LogP contribution in [0, 0.1) is 0 Å². The quantitative estimate of drug-likeness (QED) is 0.518. The van der Waals surface area contributed by atoms with Crippen molar-refractivity contribution in [2.75, 3.05) is 5.32 Å². The Morgan fingerprint density at radius 3 is 2.57 bits per heavy atom. The predicted molar refractivity (Wildman–Crippen MR) is 88.8 cm³/mol. The highest BCUT2D eigenvalue weighted by Crippen LogP contribution is 2.11. The van der Waals surface area contributed by atoms with Gasteiger partial charge in [-0.05, 0) is 29.8 Å². The Labute approximate surface area is 138 Å². The number of esters is 1. The number of hydrogen-bond acceptors (Lipinski definition) is 4. The van der Waals surface area contributed by atoms with Crippen LogP contribution < -0.4 is 5.32 Å². The van der Waals surface area contributed by atoms with E-state index in [2.05, 4.69) is 10.3 Å². The van der Waals surface area contributed by atoms with Gasteiger partial charge in [0.1, 0.15) is 11.8 Å². The third-order valence-electron chi connectivity index (χ3n) is 2.81. The molecule has 6 heteroatoms. The average Bonchev–Trinajstić information content (AvgIpc) is 2.53. The molecule has 0 saturated carbocycles. The Kier molecular flexibility index (Phi) is 5.88. The molecule has 0 aliphatic carbocycles. The maximum Gasteiger partial charge on any atom is 0.331 e. The van der Waals surface area contributed by atoms with Crippen LogP contribution in [0.5, 0.6) is 0 Å². The Bertz CT molecular complexity index is 710. The first-order chi connectivity index (χ1) is 11.0. The highest BCUT2D eigenvalue weighted by atomic mass is 35.5. The molecule has 1 aromatic heterocycles. The first kappa shape index (κ1) is 16.7. The fourth-order valence-corrected chi connectivity index (χ4v) is 1.85. The number of hydrogen-bond donors (Lipinski definition) is 1. The summed E-state index contributed by atoms with van der Waals surface area (Å²) in [7, 11) is 0. The third-order valence-corrected chi connectivity index (χ3v) is 3.04. The van der Waals surface area contributed by atoms with Gasteiger partial charge in [0.05, 0.1) is 0 Å². The van der Waals surface area contributed by atoms with E-state index in [1.807, 2.05) is 0 Å². The van der Waals surface area contributed by atoms with E-state index < -0.39 is 5.97 Å². The summed E-state index contributed by atoms with van der Waals surface area (Å²) in [6.45, 7) is 1.58. The van der Waals surface area contributed by atoms with Gasteiger partial charge >= 0.3 is 5.97 Å². The molecule has 1 aromatic carbocycles. The highest BCUT2D eigenvalue weighted by molar-refractivity contribution is 6.29. The van der Waals surface area contributed by atoms with E-state index >= 15 is 0 Å². The zero-order valence-electron chi connectivity index (χ0n) is 12.5. The van der Waals surface area contributed by atoms with Crippen LogP contribution in [0.2, 0.25) is 5.15 Å². The number of anilines is 1. The van der Waals surface area contributed by atoms with Gasteiger partial charge in [0, 0.05) is 30.4 Å². The van der Waals surface area contributed by atoms with E-state index in [1.165, 1.54) is 13.0 Å². The van der Waals surface area contributed by atoms with E-state index in [-0.39, 0.29) is 12.5 Å². The molecule has 1 heterocycles. The van der Waals surface area contributed by atoms with Crippen molar-refractivity contribution in [1.29, 1.82) is 0 Å². The van der Waals surface area contributed by atoms with Crippen molar-refractivity contribution in [1.82, 2.24) is 4.98 Å². The van der Waals surface area contributed by atoms with Gasteiger partial charge < -0.3 is 10.1 Å². The van der Waals surface area contributed by atoms with Crippen molar-refractivity contribution in [3.63, 3.8) is 0 Å². The molecule has 1 amide bonds. The molecule has 0 bridgehead atoms. The van der Waals surface area contributed by atoms with Gasteiger partial charge in [-0.3, -0.25) is 4.79 Å². The second-order valence-corrected chi connectivity index (χ2v) is 5.12. The van der Waals surface area contributed by atoms with Crippen molar-refractivity contribution in [2.24, 2.45) is 0 Å². The van der Waals surface area contributed by atoms with Gasteiger partial charge in [0.25, 0.3) is 0 Å². The summed E-state index contributed by atoms with van der Waals surface area (Å²) in [6.07, 6.45) is 4.54. The fraction of sp³-hybridized carbons (Fsp3) is 0.118. The largest absolute Gasteiger partial charge is 0.458 e. The molecule has 2 rings (SSSR count). The molecule has 0 atom stereocenters. The number of amides is 1. The van der Waals surface area contributed by atoms with E-state index in [4.69, 9.17) is 16.3 Å². The smallest absolute Gasteiger partial charge is 0.331 e. The molecule has 2 aromatic rings. The highest BCUT2D eigenvalue weighted by Gasteiger charge is 2.00. The molecule has 0 aliphatic rings. The van der Waals surface area contributed by atoms with Crippen molar-refractivity contribution < 1.29 is 14.3 Å². The number of aromatic nitrogens is 1. The maximum absolute atomic E-state index is 11.7. The van der Waals surface area contributed by atoms with Crippen molar-refractivity contribution >= 4 is 35.2 Å². The van der Waals surface area contributed by atoms with Crippen molar-refractivity contribution in [2.45, 2.75) is 13.5 Å². The summed E-state index contributed by atoms with van der Waals surface area (Å²) < 4.78 is 5.10. The number of pyridine rings is 1. The number of nitrogens with one attached hydrogen (secondary N) is 1. The summed E-state index contributed by atoms with van der Waals surface area (Å²) in [5.41, 5.74) is 2.28. The Morgan fingerprint density at radius 1 is 1.22 bits per heavy atom. The van der Waals surface area contributed by atoms with E-state index in [0.717, 1.165) is 11.1 Å². The second-order valence-electron chi connectivity index (χ2n) is 4.73. The van der Waals surface area contributed by atoms with Gasteiger partial charge in [-0.25, -0.2) is 9.78 Å². The second kappa shape index (κ2) is 8.10. The minimum Gasteiger partial charge on any atom is -0.458 e. The van der Waals surface area contributed by atoms with Gasteiger partial charge in [-0.15, -0.1) is 0 Å². The molecular weight excluding hydrogens is 316 g/mol. The molecule has 0 radical (unpaired) electrons. The van der Waals surface area contributed by atoms with Crippen LogP contribution in [0.25, 0.3) is 6.08 Å². The topological polar surface area (TPSA) is 68.3 Å². The number of ether oxygens (including phenoxy) is 1. The minimum absolute atomic E-state index is 0.131. The first-order valence-corrected chi connectivity index (χ1v) is 7.23. The lowest BCUT2D eigenvalue weighted by Gasteiger charge is -2.03. The summed E-state index contributed by atoms with van der Waals surface area (Å²) in [4.78, 5) is 26.5. The van der Waals surface area contributed by atoms with Crippen LogP contribution in [0.15, 0.2) is 48.7 Å². The number of rotatable bonds is 5. The zero-order chi connectivity index (χ0) is 16.7. The lowest BCUT2D eigenvalue weighted by Crippen LogP contribution is -2.05. The minimum atomic E-state index is -0.453. The number of carbonyl (C=O) groups is 2. The Balaban J connectivity index is 1.85. The summed E-state index contributed by atoms with van der Waals surface area (Å²) in [6, 6.07) is 10.5. The molecule has 0 unspecified atom stereocenters. The molecule has 0 aliphatic heterocycles. The van der Waals surface area contributed by atoms with Crippen molar-refractivity contribution in [3.05, 3.63) is 65.0 Å². The Hall–Kier alpha value is -2.66. The average molecular weight is 331 g/mol. The van der Waals surface area contributed by atoms with Crippen LogP contribution in [0.4, 0.5) is 5.69 Å². The standard InChI is InChI=1S/C17H15ClN2O3/c1-12(21)20-15-6-2-13(3-7-15)5-9-17(22)23-11-14-4-8-16(18)19-10-14/h2-10H,11H2,1H3,(H,20,21). The summed E-state index contributed by atoms with van der Waals surface area (Å²) in [5.74, 6) is -0.584. The summed E-state index contributed by atoms with van der Waals surface area (Å²) >= 11 is 5.68. The van der Waals surface area contributed by atoms with Crippen LogP contribution in [0.3, 0.4) is 0 Å². The summed E-state index contributed by atoms with van der Waals surface area (Å²) in [5, 5.41) is 3.06. The fourth-order valence-electron chi connectivity index (χ4n) is 1.74. The van der Waals surface area contributed by atoms with Crippen LogP contribution >= 0.6 is 11.6 Å². The van der Waals surface area contributed by atoms with E-state index in [9.17, 15) is 9.59 Å². The molecule has 5 nitrogen and oxygen atoms in total. The van der Waals surface area contributed by atoms with E-state index in [0.29, 0.717) is 10.8 Å². The first-order valence-electron chi connectivity index (χ1n) is 6.86. The maximum atomic E-state index is 11.7. The molecule has 0 fully saturated rings. The number of nitrogens with zero attached hydrogens (tertiary/aromatic N) is 1. The molecular formula is C17H15ClN2O3. The van der Waals surface area contributed by atoms with Crippen LogP contribution in [-0.4, -0.2) is 16.9 Å². The van der Waals surface area contributed by atoms with Gasteiger partial charge in [-0.2, -0.15) is 0 Å². The Morgan fingerprint density at radius 2 is 1.96 bits per heavy atom. The number of halogens is 1. The molecule has 0 saturated heterocycles. The SMILES string of the molecule is CC(=O)Nc1ccc(C=CC(=O)OCc2ccc(Cl)nc2)cc1. The van der Waals surface area contributed by atoms with Crippen LogP contribution in [0.1, 0.15) is 18.1 Å². The van der Waals surface area contributed by atoms with Gasteiger partial charge in [-0.1, -0.05) is 29.8 Å². The van der Waals surface area contributed by atoms with E-state index in [1.54, 1.807) is 48.7 Å². The molecule has 0 spiro atoms. The van der Waals surface area contributed by atoms with Crippen LogP contribution in [-0.2, 0) is 20.9 Å². The zero-order valence-corrected chi connectivity index (χ0v) is 13.2. The number of carbonyl (C=O) groups excluding carboxylic acids is 2. The lowest BCUT2D eigenvalue weighted by atomic mass is 10.2. The van der Waals surface area contributed by atoms with Gasteiger partial charge in [0.2, 0.25) is 5.91 Å². The van der Waals surface area contributed by atoms with Crippen molar-refractivity contribution in [3.8, 4) is 0 Å². The number of benzene rings is 1. The van der Waals surface area contributed by atoms with Gasteiger partial charge in [0.15, 0.2) is 0 Å². The monoisotopic (exact) mass is 330 g/mol. The molecule has 23 heavy (non-hydrogen) atoms. The third kappa shape index (κ3) is 5.92. The predicted octanol–water partition coefficient (Wildman–Crippen LogP) is 3.45. The molecule has 118 valence electrons. The molecule has 1 N–H and O–H groups in total.